The molecule has 0 saturated carbocycles. The lowest BCUT2D eigenvalue weighted by atomic mass is 10.2. The fourth-order valence-corrected chi connectivity index (χ4v) is 2.56. The molecule has 13 nitrogen and oxygen atoms in total. The number of hydrazone groups is 1. The number of ether oxygens (including phenoxy) is 1. The highest BCUT2D eigenvalue weighted by Crippen LogP contribution is 2.34. The van der Waals surface area contributed by atoms with Gasteiger partial charge in [-0.2, -0.15) is 5.10 Å². The maximum absolute atomic E-state index is 12.0. The Morgan fingerprint density at radius 2 is 1.42 bits per heavy atom. The van der Waals surface area contributed by atoms with Crippen LogP contribution in [0.4, 0.5) is 17.1 Å². The van der Waals surface area contributed by atoms with Gasteiger partial charge in [0.1, 0.15) is 5.75 Å². The number of nitro benzene ring substituents is 3. The Kier molecular flexibility index (Phi) is 6.64. The van der Waals surface area contributed by atoms with Gasteiger partial charge in [0.25, 0.3) is 17.3 Å². The van der Waals surface area contributed by atoms with E-state index in [9.17, 15) is 35.1 Å². The molecular formula is C20H13N5O8. The average molecular weight is 451 g/mol. The zero-order valence-corrected chi connectivity index (χ0v) is 16.5. The second-order valence-corrected chi connectivity index (χ2v) is 6.34. The van der Waals surface area contributed by atoms with Crippen molar-refractivity contribution in [2.45, 2.75) is 0 Å². The standard InChI is InChI=1S/C20H13N5O8/c26-20(14-3-5-15(6-4-14)23(27)28)22-21-12-13-1-8-17(9-2-13)33-19-10-7-16(24(29)30)11-18(19)25(31)32/h1-12H,(H,22,26)/b21-12+. The molecule has 0 spiro atoms. The maximum atomic E-state index is 12.0. The van der Waals surface area contributed by atoms with E-state index >= 15 is 0 Å². The van der Waals surface area contributed by atoms with Crippen molar-refractivity contribution < 1.29 is 24.3 Å². The average Bonchev–Trinajstić information content (AvgIpc) is 2.80. The van der Waals surface area contributed by atoms with Crippen molar-refractivity contribution in [2.24, 2.45) is 5.10 Å². The van der Waals surface area contributed by atoms with Gasteiger partial charge in [-0.05, 0) is 48.0 Å². The molecular weight excluding hydrogens is 438 g/mol. The smallest absolute Gasteiger partial charge is 0.318 e. The Bertz CT molecular complexity index is 1260. The molecule has 3 rings (SSSR count). The molecule has 0 radical (unpaired) electrons. The third-order valence-corrected chi connectivity index (χ3v) is 4.18. The summed E-state index contributed by atoms with van der Waals surface area (Å²) in [6.07, 6.45) is 1.33. The van der Waals surface area contributed by atoms with E-state index in [2.05, 4.69) is 10.5 Å². The molecule has 0 aliphatic heterocycles. The molecule has 0 aliphatic carbocycles. The van der Waals surface area contributed by atoms with Gasteiger partial charge in [-0.1, -0.05) is 0 Å². The summed E-state index contributed by atoms with van der Waals surface area (Å²) in [6.45, 7) is 0. The van der Waals surface area contributed by atoms with E-state index in [0.29, 0.717) is 5.56 Å². The fraction of sp³-hybridized carbons (Fsp3) is 0. The summed E-state index contributed by atoms with van der Waals surface area (Å²) in [5, 5.41) is 36.4. The van der Waals surface area contributed by atoms with Crippen molar-refractivity contribution in [1.82, 2.24) is 5.43 Å². The lowest BCUT2D eigenvalue weighted by molar-refractivity contribution is -0.394. The first-order chi connectivity index (χ1) is 15.7. The second-order valence-electron chi connectivity index (χ2n) is 6.34. The summed E-state index contributed by atoms with van der Waals surface area (Å²) < 4.78 is 5.46. The quantitative estimate of drug-likeness (QED) is 0.303. The minimum Gasteiger partial charge on any atom is -0.450 e. The molecule has 0 fully saturated rings. The number of rotatable bonds is 8. The maximum Gasteiger partial charge on any atom is 0.318 e. The highest BCUT2D eigenvalue weighted by molar-refractivity contribution is 5.95. The molecule has 13 heteroatoms. The van der Waals surface area contributed by atoms with Crippen LogP contribution in [0, 0.1) is 30.3 Å². The van der Waals surface area contributed by atoms with Crippen molar-refractivity contribution in [3.8, 4) is 11.5 Å². The van der Waals surface area contributed by atoms with Crippen LogP contribution in [-0.4, -0.2) is 26.9 Å². The van der Waals surface area contributed by atoms with E-state index in [1.54, 1.807) is 12.1 Å². The summed E-state index contributed by atoms with van der Waals surface area (Å²) in [7, 11) is 0. The van der Waals surface area contributed by atoms with Crippen molar-refractivity contribution in [3.63, 3.8) is 0 Å². The number of hydrogen-bond donors (Lipinski definition) is 1. The number of hydrogen-bond acceptors (Lipinski definition) is 9. The molecule has 0 atom stereocenters. The predicted octanol–water partition coefficient (Wildman–Crippen LogP) is 3.97. The Balaban J connectivity index is 1.64. The highest BCUT2D eigenvalue weighted by atomic mass is 16.6. The van der Waals surface area contributed by atoms with E-state index in [1.165, 1.54) is 42.6 Å². The van der Waals surface area contributed by atoms with E-state index in [4.69, 9.17) is 4.74 Å². The predicted molar refractivity (Wildman–Crippen MR) is 114 cm³/mol. The first kappa shape index (κ1) is 22.5. The largest absolute Gasteiger partial charge is 0.450 e. The van der Waals surface area contributed by atoms with Crippen molar-refractivity contribution in [3.05, 3.63) is 108 Å². The zero-order chi connectivity index (χ0) is 24.0. The van der Waals surface area contributed by atoms with Crippen LogP contribution in [0.25, 0.3) is 0 Å². The normalized spacial score (nSPS) is 10.5. The van der Waals surface area contributed by atoms with Crippen LogP contribution in [0.15, 0.2) is 71.8 Å². The van der Waals surface area contributed by atoms with E-state index in [1.807, 2.05) is 0 Å². The third-order valence-electron chi connectivity index (χ3n) is 4.18. The molecule has 1 N–H and O–H groups in total. The highest BCUT2D eigenvalue weighted by Gasteiger charge is 2.21. The van der Waals surface area contributed by atoms with E-state index in [-0.39, 0.29) is 22.7 Å². The van der Waals surface area contributed by atoms with Crippen LogP contribution in [0.2, 0.25) is 0 Å². The van der Waals surface area contributed by atoms with Crippen LogP contribution < -0.4 is 10.2 Å². The van der Waals surface area contributed by atoms with Gasteiger partial charge in [-0.25, -0.2) is 5.43 Å². The van der Waals surface area contributed by atoms with E-state index < -0.39 is 32.1 Å². The summed E-state index contributed by atoms with van der Waals surface area (Å²) in [5.41, 5.74) is 1.90. The Labute approximate surface area is 184 Å². The Hall–Kier alpha value is -5.20. The zero-order valence-electron chi connectivity index (χ0n) is 16.5. The SMILES string of the molecule is O=C(N/N=C/c1ccc(Oc2ccc([N+](=O)[O-])cc2[N+](=O)[O-])cc1)c1ccc([N+](=O)[O-])cc1. The second kappa shape index (κ2) is 9.74. The number of amides is 1. The van der Waals surface area contributed by atoms with Crippen molar-refractivity contribution in [2.75, 3.05) is 0 Å². The van der Waals surface area contributed by atoms with Crippen LogP contribution in [0.1, 0.15) is 15.9 Å². The molecule has 1 amide bonds. The van der Waals surface area contributed by atoms with Crippen molar-refractivity contribution >= 4 is 29.2 Å². The van der Waals surface area contributed by atoms with Crippen LogP contribution in [0.3, 0.4) is 0 Å². The molecule has 3 aromatic rings. The fourth-order valence-electron chi connectivity index (χ4n) is 2.56. The Morgan fingerprint density at radius 1 is 0.818 bits per heavy atom. The van der Waals surface area contributed by atoms with E-state index in [0.717, 1.165) is 18.2 Å². The number of nitro groups is 3. The molecule has 0 heterocycles. The topological polar surface area (TPSA) is 180 Å². The molecule has 0 saturated heterocycles. The molecule has 0 bridgehead atoms. The minimum absolute atomic E-state index is 0.142. The molecule has 0 unspecified atom stereocenters. The first-order valence-corrected chi connectivity index (χ1v) is 9.03. The summed E-state index contributed by atoms with van der Waals surface area (Å²) in [6, 6.07) is 14.1. The van der Waals surface area contributed by atoms with Gasteiger partial charge in [0.05, 0.1) is 27.1 Å². The molecule has 33 heavy (non-hydrogen) atoms. The summed E-state index contributed by atoms with van der Waals surface area (Å²) in [5.74, 6) is -0.493. The first-order valence-electron chi connectivity index (χ1n) is 9.03. The van der Waals surface area contributed by atoms with Crippen LogP contribution >= 0.6 is 0 Å². The van der Waals surface area contributed by atoms with Gasteiger partial charge in [0, 0.05) is 23.8 Å². The third kappa shape index (κ3) is 5.69. The Morgan fingerprint density at radius 3 is 2.00 bits per heavy atom. The lowest BCUT2D eigenvalue weighted by Gasteiger charge is -2.06. The number of carbonyl (C=O) groups is 1. The minimum atomic E-state index is -0.781. The summed E-state index contributed by atoms with van der Waals surface area (Å²) in [4.78, 5) is 42.5. The molecule has 166 valence electrons. The number of carbonyl (C=O) groups excluding carboxylic acids is 1. The van der Waals surface area contributed by atoms with Crippen LogP contribution in [0.5, 0.6) is 11.5 Å². The van der Waals surface area contributed by atoms with Gasteiger partial charge >= 0.3 is 5.69 Å². The summed E-state index contributed by atoms with van der Waals surface area (Å²) >= 11 is 0. The van der Waals surface area contributed by atoms with Crippen molar-refractivity contribution in [1.29, 1.82) is 0 Å². The van der Waals surface area contributed by atoms with Gasteiger partial charge in [0.15, 0.2) is 0 Å². The number of non-ortho nitro benzene ring substituents is 2. The van der Waals surface area contributed by atoms with Gasteiger partial charge < -0.3 is 4.74 Å². The van der Waals surface area contributed by atoms with Gasteiger partial charge in [-0.3, -0.25) is 35.1 Å². The van der Waals surface area contributed by atoms with Gasteiger partial charge in [-0.15, -0.1) is 0 Å². The molecule has 0 aromatic heterocycles. The van der Waals surface area contributed by atoms with Gasteiger partial charge in [0.2, 0.25) is 5.75 Å². The lowest BCUT2D eigenvalue weighted by Crippen LogP contribution is -2.17. The number of benzene rings is 3. The number of nitrogens with one attached hydrogen (secondary N) is 1. The number of nitrogens with zero attached hydrogens (tertiary/aromatic N) is 4. The monoisotopic (exact) mass is 451 g/mol. The van der Waals surface area contributed by atoms with Crippen LogP contribution in [-0.2, 0) is 0 Å². The molecule has 3 aromatic carbocycles. The molecule has 0 aliphatic rings.